The zero-order chi connectivity index (χ0) is 12.6. The van der Waals surface area contributed by atoms with E-state index in [2.05, 4.69) is 5.32 Å². The van der Waals surface area contributed by atoms with Gasteiger partial charge in [-0.05, 0) is 29.7 Å². The summed E-state index contributed by atoms with van der Waals surface area (Å²) in [6.45, 7) is 0. The van der Waals surface area contributed by atoms with Crippen molar-refractivity contribution in [2.75, 3.05) is 7.05 Å². The third-order valence-corrected chi connectivity index (χ3v) is 3.41. The first kappa shape index (κ1) is 11.9. The number of amides is 1. The molecule has 17 heavy (non-hydrogen) atoms. The fourth-order valence-corrected chi connectivity index (χ4v) is 2.44. The van der Waals surface area contributed by atoms with Gasteiger partial charge in [0.25, 0.3) is 5.91 Å². The van der Waals surface area contributed by atoms with Crippen molar-refractivity contribution in [2.24, 2.45) is 0 Å². The Morgan fingerprint density at radius 3 is 2.59 bits per heavy atom. The lowest BCUT2D eigenvalue weighted by Gasteiger charge is -2.05. The van der Waals surface area contributed by atoms with Gasteiger partial charge in [0.1, 0.15) is 0 Å². The van der Waals surface area contributed by atoms with Crippen molar-refractivity contribution >= 4 is 27.3 Å². The number of alkyl halides is 3. The number of halogens is 3. The molecule has 1 N–H and O–H groups in total. The normalized spacial score (nSPS) is 11.8. The maximum atomic E-state index is 12.5. The van der Waals surface area contributed by atoms with Crippen LogP contribution >= 0.6 is 11.3 Å². The number of carbonyl (C=O) groups excluding carboxylic acids is 1. The molecule has 0 saturated heterocycles. The fraction of sp³-hybridized carbons (Fsp3) is 0.182. The molecule has 90 valence electrons. The molecule has 0 fully saturated rings. The first-order chi connectivity index (χ1) is 7.91. The van der Waals surface area contributed by atoms with Crippen molar-refractivity contribution in [3.8, 4) is 0 Å². The zero-order valence-corrected chi connectivity index (χ0v) is 9.58. The average Bonchev–Trinajstić information content (AvgIpc) is 2.69. The van der Waals surface area contributed by atoms with Gasteiger partial charge in [0, 0.05) is 11.7 Å². The average molecular weight is 259 g/mol. The van der Waals surface area contributed by atoms with Gasteiger partial charge in [0.2, 0.25) is 0 Å². The van der Waals surface area contributed by atoms with Crippen molar-refractivity contribution in [2.45, 2.75) is 6.18 Å². The summed E-state index contributed by atoms with van der Waals surface area (Å²) in [4.78, 5) is 11.7. The Hall–Kier alpha value is -1.56. The molecule has 1 aromatic carbocycles. The molecule has 0 aliphatic heterocycles. The Labute approximate surface area is 99.1 Å². The molecule has 0 atom stereocenters. The van der Waals surface area contributed by atoms with Crippen LogP contribution in [0.15, 0.2) is 24.3 Å². The van der Waals surface area contributed by atoms with Crippen LogP contribution in [0.5, 0.6) is 0 Å². The largest absolute Gasteiger partial charge is 0.416 e. The van der Waals surface area contributed by atoms with Gasteiger partial charge in [-0.15, -0.1) is 11.3 Å². The summed E-state index contributed by atoms with van der Waals surface area (Å²) in [6.07, 6.45) is -4.36. The van der Waals surface area contributed by atoms with Crippen LogP contribution in [0.4, 0.5) is 13.2 Å². The second kappa shape index (κ2) is 4.03. The van der Waals surface area contributed by atoms with Crippen LogP contribution < -0.4 is 5.32 Å². The summed E-state index contributed by atoms with van der Waals surface area (Å²) < 4.78 is 38.1. The molecule has 2 rings (SSSR count). The summed E-state index contributed by atoms with van der Waals surface area (Å²) in [6, 6.07) is 4.92. The van der Waals surface area contributed by atoms with Crippen molar-refractivity contribution in [3.63, 3.8) is 0 Å². The first-order valence-corrected chi connectivity index (χ1v) is 5.56. The first-order valence-electron chi connectivity index (χ1n) is 4.74. The zero-order valence-electron chi connectivity index (χ0n) is 8.76. The van der Waals surface area contributed by atoms with E-state index in [0.717, 1.165) is 12.1 Å². The van der Waals surface area contributed by atoms with Crippen LogP contribution in [0.25, 0.3) is 10.1 Å². The summed E-state index contributed by atoms with van der Waals surface area (Å²) >= 11 is 1.17. The van der Waals surface area contributed by atoms with E-state index >= 15 is 0 Å². The Balaban J connectivity index is 2.52. The van der Waals surface area contributed by atoms with Crippen LogP contribution in [-0.4, -0.2) is 13.0 Å². The van der Waals surface area contributed by atoms with E-state index in [4.69, 9.17) is 0 Å². The minimum Gasteiger partial charge on any atom is -0.354 e. The molecule has 2 aromatic rings. The monoisotopic (exact) mass is 259 g/mol. The van der Waals surface area contributed by atoms with E-state index in [1.54, 1.807) is 0 Å². The van der Waals surface area contributed by atoms with Crippen LogP contribution in [0.3, 0.4) is 0 Å². The lowest BCUT2D eigenvalue weighted by molar-refractivity contribution is -0.137. The molecule has 1 amide bonds. The second-order valence-corrected chi connectivity index (χ2v) is 4.52. The maximum absolute atomic E-state index is 12.5. The van der Waals surface area contributed by atoms with Crippen molar-refractivity contribution in [1.82, 2.24) is 5.32 Å². The molecular formula is C11H8F3NOS. The van der Waals surface area contributed by atoms with Gasteiger partial charge in [-0.2, -0.15) is 13.2 Å². The lowest BCUT2D eigenvalue weighted by atomic mass is 10.1. The van der Waals surface area contributed by atoms with Crippen molar-refractivity contribution in [1.29, 1.82) is 0 Å². The van der Waals surface area contributed by atoms with E-state index in [1.807, 2.05) is 0 Å². The number of rotatable bonds is 1. The molecule has 0 bridgehead atoms. The molecule has 0 unspecified atom stereocenters. The highest BCUT2D eigenvalue weighted by molar-refractivity contribution is 7.20. The molecular weight excluding hydrogens is 251 g/mol. The highest BCUT2D eigenvalue weighted by Gasteiger charge is 2.30. The van der Waals surface area contributed by atoms with Gasteiger partial charge in [-0.25, -0.2) is 0 Å². The molecule has 1 aromatic heterocycles. The molecule has 0 radical (unpaired) electrons. The molecule has 1 heterocycles. The smallest absolute Gasteiger partial charge is 0.354 e. The number of benzene rings is 1. The Kier molecular flexibility index (Phi) is 2.82. The summed E-state index contributed by atoms with van der Waals surface area (Å²) in [5, 5.41) is 2.87. The van der Waals surface area contributed by atoms with Gasteiger partial charge in [0.05, 0.1) is 10.4 Å². The van der Waals surface area contributed by atoms with Gasteiger partial charge in [-0.1, -0.05) is 0 Å². The van der Waals surface area contributed by atoms with E-state index in [9.17, 15) is 18.0 Å². The highest BCUT2D eigenvalue weighted by atomic mass is 32.1. The Morgan fingerprint density at radius 2 is 2.00 bits per heavy atom. The summed E-state index contributed by atoms with van der Waals surface area (Å²) in [7, 11) is 1.48. The second-order valence-electron chi connectivity index (χ2n) is 3.44. The van der Waals surface area contributed by atoms with Crippen molar-refractivity contribution < 1.29 is 18.0 Å². The van der Waals surface area contributed by atoms with Gasteiger partial charge in [-0.3, -0.25) is 4.79 Å². The summed E-state index contributed by atoms with van der Waals surface area (Å²) in [5.74, 6) is -0.292. The maximum Gasteiger partial charge on any atom is 0.416 e. The minimum atomic E-state index is -4.36. The quantitative estimate of drug-likeness (QED) is 0.836. The van der Waals surface area contributed by atoms with Crippen molar-refractivity contribution in [3.05, 3.63) is 34.7 Å². The van der Waals surface area contributed by atoms with Gasteiger partial charge in [0.15, 0.2) is 0 Å². The van der Waals surface area contributed by atoms with E-state index in [-0.39, 0.29) is 5.91 Å². The Morgan fingerprint density at radius 1 is 1.29 bits per heavy atom. The third-order valence-electron chi connectivity index (χ3n) is 2.29. The molecule has 0 aliphatic rings. The van der Waals surface area contributed by atoms with Crippen LogP contribution in [0.2, 0.25) is 0 Å². The van der Waals surface area contributed by atoms with Gasteiger partial charge < -0.3 is 5.32 Å². The number of carbonyl (C=O) groups is 1. The molecule has 0 saturated carbocycles. The molecule has 6 heteroatoms. The molecule has 0 spiro atoms. The number of fused-ring (bicyclic) bond motifs is 1. The SMILES string of the molecule is CNC(=O)c1cc2cc(C(F)(F)F)ccc2s1. The fourth-order valence-electron chi connectivity index (χ4n) is 1.45. The number of hydrogen-bond donors (Lipinski definition) is 1. The standard InChI is InChI=1S/C11H8F3NOS/c1-15-10(16)9-5-6-4-7(11(12,13)14)2-3-8(6)17-9/h2-5H,1H3,(H,15,16). The highest BCUT2D eigenvalue weighted by Crippen LogP contribution is 2.34. The van der Waals surface area contributed by atoms with Crippen LogP contribution in [0.1, 0.15) is 15.2 Å². The number of hydrogen-bond acceptors (Lipinski definition) is 2. The predicted octanol–water partition coefficient (Wildman–Crippen LogP) is 3.28. The van der Waals surface area contributed by atoms with E-state index < -0.39 is 11.7 Å². The summed E-state index contributed by atoms with van der Waals surface area (Å²) in [5.41, 5.74) is -0.703. The predicted molar refractivity (Wildman–Crippen MR) is 60.2 cm³/mol. The van der Waals surface area contributed by atoms with Crippen LogP contribution in [-0.2, 0) is 6.18 Å². The van der Waals surface area contributed by atoms with E-state index in [1.165, 1.54) is 30.5 Å². The van der Waals surface area contributed by atoms with Gasteiger partial charge >= 0.3 is 6.18 Å². The number of thiophene rings is 1. The van der Waals surface area contributed by atoms with Crippen LogP contribution in [0, 0.1) is 0 Å². The third kappa shape index (κ3) is 2.26. The Bertz CT molecular complexity index is 574. The van der Waals surface area contributed by atoms with E-state index in [0.29, 0.717) is 15.0 Å². The topological polar surface area (TPSA) is 29.1 Å². The molecule has 0 aliphatic carbocycles. The number of nitrogens with one attached hydrogen (secondary N) is 1. The minimum absolute atomic E-state index is 0.292. The molecule has 2 nitrogen and oxygen atoms in total. The lowest BCUT2D eigenvalue weighted by Crippen LogP contribution is -2.15.